The third-order valence-corrected chi connectivity index (χ3v) is 4.10. The molecule has 0 radical (unpaired) electrons. The van der Waals surface area contributed by atoms with Crippen molar-refractivity contribution in [3.63, 3.8) is 0 Å². The Kier molecular flexibility index (Phi) is 6.62. The van der Waals surface area contributed by atoms with Gasteiger partial charge in [-0.1, -0.05) is 54.9 Å². The zero-order valence-corrected chi connectivity index (χ0v) is 12.5. The zero-order valence-electron chi connectivity index (χ0n) is 12.5. The van der Waals surface area contributed by atoms with Gasteiger partial charge in [0.1, 0.15) is 0 Å². The second kappa shape index (κ2) is 6.64. The molecule has 1 unspecified atom stereocenters. The number of ether oxygens (including phenoxy) is 1. The van der Waals surface area contributed by atoms with Crippen molar-refractivity contribution >= 4 is 0 Å². The van der Waals surface area contributed by atoms with Crippen LogP contribution in [0.15, 0.2) is 0 Å². The SMILES string of the molecule is CCCC(C)(COCC(C)(C)CC)C(C)C. The van der Waals surface area contributed by atoms with Crippen molar-refractivity contribution < 1.29 is 4.74 Å². The summed E-state index contributed by atoms with van der Waals surface area (Å²) >= 11 is 0. The first-order chi connectivity index (χ1) is 7.27. The van der Waals surface area contributed by atoms with E-state index in [0.29, 0.717) is 16.7 Å². The molecular formula is C15H32O. The van der Waals surface area contributed by atoms with E-state index in [4.69, 9.17) is 4.74 Å². The van der Waals surface area contributed by atoms with Gasteiger partial charge in [-0.15, -0.1) is 0 Å². The highest BCUT2D eigenvalue weighted by Gasteiger charge is 2.28. The minimum atomic E-state index is 0.324. The number of hydrogen-bond acceptors (Lipinski definition) is 1. The van der Waals surface area contributed by atoms with E-state index in [-0.39, 0.29) is 0 Å². The molecule has 0 heterocycles. The molecule has 0 aliphatic heterocycles. The van der Waals surface area contributed by atoms with E-state index in [0.717, 1.165) is 13.2 Å². The molecule has 1 heteroatoms. The van der Waals surface area contributed by atoms with Gasteiger partial charge >= 0.3 is 0 Å². The molecule has 0 N–H and O–H groups in total. The summed E-state index contributed by atoms with van der Waals surface area (Å²) < 4.78 is 5.97. The maximum atomic E-state index is 5.97. The van der Waals surface area contributed by atoms with E-state index in [1.807, 2.05) is 0 Å². The van der Waals surface area contributed by atoms with Crippen molar-refractivity contribution in [1.29, 1.82) is 0 Å². The van der Waals surface area contributed by atoms with Crippen molar-refractivity contribution in [2.24, 2.45) is 16.7 Å². The highest BCUT2D eigenvalue weighted by atomic mass is 16.5. The standard InChI is InChI=1S/C15H32O/c1-8-10-15(7,13(3)4)12-16-11-14(5,6)9-2/h13H,8-12H2,1-7H3. The van der Waals surface area contributed by atoms with Crippen molar-refractivity contribution in [1.82, 2.24) is 0 Å². The fraction of sp³-hybridized carbons (Fsp3) is 1.00. The van der Waals surface area contributed by atoms with Gasteiger partial charge in [0.2, 0.25) is 0 Å². The number of rotatable bonds is 8. The first-order valence-electron chi connectivity index (χ1n) is 6.85. The van der Waals surface area contributed by atoms with E-state index < -0.39 is 0 Å². The summed E-state index contributed by atoms with van der Waals surface area (Å²) in [6.07, 6.45) is 3.69. The van der Waals surface area contributed by atoms with Crippen LogP contribution in [0.5, 0.6) is 0 Å². The van der Waals surface area contributed by atoms with Crippen LogP contribution < -0.4 is 0 Å². The van der Waals surface area contributed by atoms with Gasteiger partial charge in [0.05, 0.1) is 13.2 Å². The van der Waals surface area contributed by atoms with Crippen LogP contribution >= 0.6 is 0 Å². The summed E-state index contributed by atoms with van der Waals surface area (Å²) in [5.41, 5.74) is 0.669. The summed E-state index contributed by atoms with van der Waals surface area (Å²) in [4.78, 5) is 0. The van der Waals surface area contributed by atoms with Crippen LogP contribution in [-0.2, 0) is 4.74 Å². The van der Waals surface area contributed by atoms with E-state index in [9.17, 15) is 0 Å². The molecule has 0 aromatic heterocycles. The molecule has 0 saturated heterocycles. The summed E-state index contributed by atoms with van der Waals surface area (Å²) in [6, 6.07) is 0. The molecular weight excluding hydrogens is 196 g/mol. The Morgan fingerprint density at radius 3 is 1.94 bits per heavy atom. The maximum Gasteiger partial charge on any atom is 0.0522 e. The lowest BCUT2D eigenvalue weighted by molar-refractivity contribution is -0.0141. The predicted octanol–water partition coefficient (Wildman–Crippen LogP) is 4.90. The van der Waals surface area contributed by atoms with E-state index in [1.54, 1.807) is 0 Å². The highest BCUT2D eigenvalue weighted by Crippen LogP contribution is 2.33. The Morgan fingerprint density at radius 1 is 1.00 bits per heavy atom. The molecule has 0 aliphatic rings. The normalized spacial score (nSPS) is 16.5. The van der Waals surface area contributed by atoms with Gasteiger partial charge in [-0.05, 0) is 29.6 Å². The summed E-state index contributed by atoms with van der Waals surface area (Å²) in [6.45, 7) is 17.8. The Balaban J connectivity index is 4.14. The third-order valence-electron chi connectivity index (χ3n) is 4.10. The third kappa shape index (κ3) is 5.34. The van der Waals surface area contributed by atoms with Crippen LogP contribution in [0.1, 0.15) is 67.7 Å². The van der Waals surface area contributed by atoms with E-state index >= 15 is 0 Å². The van der Waals surface area contributed by atoms with E-state index in [1.165, 1.54) is 19.3 Å². The molecule has 0 bridgehead atoms. The molecule has 0 aromatic carbocycles. The van der Waals surface area contributed by atoms with Crippen LogP contribution in [0.2, 0.25) is 0 Å². The van der Waals surface area contributed by atoms with Gasteiger partial charge in [0.25, 0.3) is 0 Å². The molecule has 1 nitrogen and oxygen atoms in total. The molecule has 0 fully saturated rings. The van der Waals surface area contributed by atoms with Gasteiger partial charge < -0.3 is 4.74 Å². The molecule has 0 spiro atoms. The molecule has 0 aromatic rings. The molecule has 0 saturated carbocycles. The largest absolute Gasteiger partial charge is 0.380 e. The first kappa shape index (κ1) is 16.0. The van der Waals surface area contributed by atoms with Crippen molar-refractivity contribution in [2.75, 3.05) is 13.2 Å². The zero-order chi connectivity index (χ0) is 12.8. The Bertz CT molecular complexity index is 184. The second-order valence-corrected chi connectivity index (χ2v) is 6.57. The fourth-order valence-corrected chi connectivity index (χ4v) is 1.76. The van der Waals surface area contributed by atoms with Crippen LogP contribution in [0.25, 0.3) is 0 Å². The minimum Gasteiger partial charge on any atom is -0.380 e. The van der Waals surface area contributed by atoms with Crippen LogP contribution in [0.3, 0.4) is 0 Å². The molecule has 16 heavy (non-hydrogen) atoms. The number of hydrogen-bond donors (Lipinski definition) is 0. The fourth-order valence-electron chi connectivity index (χ4n) is 1.76. The Morgan fingerprint density at radius 2 is 1.56 bits per heavy atom. The highest BCUT2D eigenvalue weighted by molar-refractivity contribution is 4.77. The van der Waals surface area contributed by atoms with Gasteiger partial charge in [0, 0.05) is 0 Å². The molecule has 0 aliphatic carbocycles. The van der Waals surface area contributed by atoms with Gasteiger partial charge in [0.15, 0.2) is 0 Å². The second-order valence-electron chi connectivity index (χ2n) is 6.57. The first-order valence-corrected chi connectivity index (χ1v) is 6.85. The van der Waals surface area contributed by atoms with Gasteiger partial charge in [-0.3, -0.25) is 0 Å². The van der Waals surface area contributed by atoms with Crippen LogP contribution in [0, 0.1) is 16.7 Å². The average Bonchev–Trinajstić information content (AvgIpc) is 2.17. The molecule has 0 amide bonds. The lowest BCUT2D eigenvalue weighted by atomic mass is 9.76. The maximum absolute atomic E-state index is 5.97. The monoisotopic (exact) mass is 228 g/mol. The predicted molar refractivity (Wildman–Crippen MR) is 72.7 cm³/mol. The quantitative estimate of drug-likeness (QED) is 0.574. The minimum absolute atomic E-state index is 0.324. The van der Waals surface area contributed by atoms with Crippen molar-refractivity contribution in [2.45, 2.75) is 67.7 Å². The van der Waals surface area contributed by atoms with Crippen molar-refractivity contribution in [3.05, 3.63) is 0 Å². The van der Waals surface area contributed by atoms with Gasteiger partial charge in [-0.25, -0.2) is 0 Å². The molecule has 1 atom stereocenters. The molecule has 0 rings (SSSR count). The van der Waals surface area contributed by atoms with Crippen molar-refractivity contribution in [3.8, 4) is 0 Å². The lowest BCUT2D eigenvalue weighted by Crippen LogP contribution is -2.31. The Labute approximate surface area is 103 Å². The van der Waals surface area contributed by atoms with E-state index in [2.05, 4.69) is 48.5 Å². The van der Waals surface area contributed by atoms with Crippen LogP contribution in [-0.4, -0.2) is 13.2 Å². The summed E-state index contributed by atoms with van der Waals surface area (Å²) in [5, 5.41) is 0. The average molecular weight is 228 g/mol. The lowest BCUT2D eigenvalue weighted by Gasteiger charge is -2.35. The van der Waals surface area contributed by atoms with Gasteiger partial charge in [-0.2, -0.15) is 0 Å². The smallest absolute Gasteiger partial charge is 0.0522 e. The summed E-state index contributed by atoms with van der Waals surface area (Å²) in [7, 11) is 0. The molecule has 98 valence electrons. The topological polar surface area (TPSA) is 9.23 Å². The summed E-state index contributed by atoms with van der Waals surface area (Å²) in [5.74, 6) is 0.692. The Hall–Kier alpha value is -0.0400. The van der Waals surface area contributed by atoms with Crippen LogP contribution in [0.4, 0.5) is 0 Å².